The second-order valence-corrected chi connectivity index (χ2v) is 12.5. The van der Waals surface area contributed by atoms with E-state index in [1.54, 1.807) is 35.4 Å². The molecule has 0 N–H and O–H groups in total. The first-order chi connectivity index (χ1) is 25.8. The molecule has 0 amide bonds. The van der Waals surface area contributed by atoms with Crippen molar-refractivity contribution in [3.8, 4) is 11.5 Å². The minimum absolute atomic E-state index is 0. The zero-order valence-corrected chi connectivity index (χ0v) is 28.8. The summed E-state index contributed by atoms with van der Waals surface area (Å²) in [4.78, 5) is 7.78. The molecule has 0 unspecified atom stereocenters. The maximum Gasteiger partial charge on any atom is 0.143 e. The molecule has 6 aromatic carbocycles. The summed E-state index contributed by atoms with van der Waals surface area (Å²) in [6.45, 7) is -0.994. The molecule has 0 fully saturated rings. The summed E-state index contributed by atoms with van der Waals surface area (Å²) in [5.41, 5.74) is 7.11. The largest absolute Gasteiger partial charge is 0.509 e. The number of nitrogens with zero attached hydrogens (tertiary/aromatic N) is 5. The van der Waals surface area contributed by atoms with Gasteiger partial charge in [0.15, 0.2) is 0 Å². The Morgan fingerprint density at radius 1 is 0.667 bits per heavy atom. The van der Waals surface area contributed by atoms with Crippen molar-refractivity contribution in [2.45, 2.75) is 0 Å². The molecule has 1 aliphatic rings. The molecule has 10 aromatic rings. The average Bonchev–Trinajstić information content (AvgIpc) is 3.82. The molecule has 51 heavy (non-hydrogen) atoms. The van der Waals surface area contributed by atoms with Crippen molar-refractivity contribution >= 4 is 82.6 Å². The van der Waals surface area contributed by atoms with Crippen LogP contribution in [0.1, 0.15) is 4.11 Å². The van der Waals surface area contributed by atoms with E-state index in [4.69, 9.17) is 13.8 Å². The molecular weight excluding hydrogens is 817 g/mol. The number of aromatic nitrogens is 3. The minimum atomic E-state index is -2.43. The van der Waals surface area contributed by atoms with Crippen LogP contribution in [-0.2, 0) is 21.1 Å². The third kappa shape index (κ3) is 4.22. The van der Waals surface area contributed by atoms with Crippen molar-refractivity contribution in [2.24, 2.45) is 0 Å². The molecule has 8 heteroatoms. The van der Waals surface area contributed by atoms with Crippen LogP contribution in [0.15, 0.2) is 128 Å². The van der Waals surface area contributed by atoms with Crippen molar-refractivity contribution in [3.05, 3.63) is 152 Å². The van der Waals surface area contributed by atoms with Gasteiger partial charge in [0.1, 0.15) is 5.65 Å². The first-order valence-corrected chi connectivity index (χ1v) is 16.2. The van der Waals surface area contributed by atoms with Crippen LogP contribution in [0.25, 0.3) is 65.5 Å². The standard InChI is InChI=1S/C43H25FN5O.Pt/c1-46-25-47(38-16-5-4-15-37(38)46)27-21-26(44)22-29(23-27)50-28-18-19-31-33-12-7-17-39-42(33)49(40(31)24-28)43-35(13-8-20-45-43)34-11-6-10-32-30-9-2-3-14-36(30)48(39)41(32)34;/h2-22,25H,1H3;/q-3;/i1D3;. The number of benzene rings is 6. The van der Waals surface area contributed by atoms with Gasteiger partial charge in [-0.1, -0.05) is 77.9 Å². The second kappa shape index (κ2) is 11.0. The number of hydrogen-bond donors (Lipinski definition) is 0. The molecule has 248 valence electrons. The molecular formula is C43H25FN5OPt-3. The van der Waals surface area contributed by atoms with Gasteiger partial charge in [-0.3, -0.25) is 0 Å². The van der Waals surface area contributed by atoms with Gasteiger partial charge in [-0.2, -0.15) is 12.7 Å². The number of pyridine rings is 1. The van der Waals surface area contributed by atoms with Crippen LogP contribution in [0.3, 0.4) is 0 Å². The van der Waals surface area contributed by atoms with Crippen LogP contribution >= 0.6 is 0 Å². The van der Waals surface area contributed by atoms with E-state index in [1.165, 1.54) is 34.5 Å². The Morgan fingerprint density at radius 2 is 1.39 bits per heavy atom. The molecule has 0 radical (unpaired) electrons. The molecule has 0 atom stereocenters. The monoisotopic (exact) mass is 844 g/mol. The first kappa shape index (κ1) is 26.9. The number of ether oxygens (including phenoxy) is 1. The summed E-state index contributed by atoms with van der Waals surface area (Å²) in [6.07, 6.45) is 1.81. The van der Waals surface area contributed by atoms with Crippen LogP contribution in [0, 0.1) is 24.6 Å². The Morgan fingerprint density at radius 3 is 2.27 bits per heavy atom. The Labute approximate surface area is 310 Å². The van der Waals surface area contributed by atoms with Gasteiger partial charge >= 0.3 is 0 Å². The molecule has 1 aliphatic heterocycles. The molecule has 0 saturated carbocycles. The van der Waals surface area contributed by atoms with Crippen LogP contribution in [0.2, 0.25) is 0 Å². The summed E-state index contributed by atoms with van der Waals surface area (Å²) in [7, 11) is 0. The van der Waals surface area contributed by atoms with Crippen LogP contribution in [0.4, 0.5) is 21.5 Å². The van der Waals surface area contributed by atoms with Crippen molar-refractivity contribution in [1.82, 2.24) is 13.8 Å². The molecule has 0 spiro atoms. The molecule has 0 saturated heterocycles. The average molecular weight is 845 g/mol. The van der Waals surface area contributed by atoms with Crippen molar-refractivity contribution in [2.75, 3.05) is 16.8 Å². The van der Waals surface area contributed by atoms with E-state index < -0.39 is 12.8 Å². The van der Waals surface area contributed by atoms with E-state index in [1.807, 2.05) is 18.2 Å². The van der Waals surface area contributed by atoms with E-state index >= 15 is 4.39 Å². The fourth-order valence-electron chi connectivity index (χ4n) is 7.78. The minimum Gasteiger partial charge on any atom is -0.509 e. The Kier molecular flexibility index (Phi) is 5.82. The molecule has 0 aliphatic carbocycles. The van der Waals surface area contributed by atoms with Gasteiger partial charge in [0.25, 0.3) is 0 Å². The maximum atomic E-state index is 15.3. The SMILES string of the molecule is [2H]C([2H])([2H])N1[CH-]N(c2[c-]c(Oc3[c-]c4c(cc3)c3cccc5c3n4c3ncccc3c3cccc4c6ccccc6n5c43)cc(F)c2)c2ccccc21.[Pt]. The summed E-state index contributed by atoms with van der Waals surface area (Å²) >= 11 is 0. The first-order valence-electron chi connectivity index (χ1n) is 17.7. The van der Waals surface area contributed by atoms with Gasteiger partial charge in [0.2, 0.25) is 0 Å². The Bertz CT molecular complexity index is 3180. The Hall–Kier alpha value is -5.91. The quantitative estimate of drug-likeness (QED) is 0.166. The van der Waals surface area contributed by atoms with Crippen LogP contribution < -0.4 is 14.5 Å². The summed E-state index contributed by atoms with van der Waals surface area (Å²) in [5.74, 6) is -0.0856. The van der Waals surface area contributed by atoms with Gasteiger partial charge in [0.05, 0.1) is 22.1 Å². The number of rotatable bonds is 3. The van der Waals surface area contributed by atoms with E-state index in [0.29, 0.717) is 22.8 Å². The maximum absolute atomic E-state index is 15.3. The molecule has 4 aromatic heterocycles. The topological polar surface area (TPSA) is 37.4 Å². The van der Waals surface area contributed by atoms with Gasteiger partial charge < -0.3 is 23.3 Å². The van der Waals surface area contributed by atoms with E-state index in [-0.39, 0.29) is 26.8 Å². The van der Waals surface area contributed by atoms with Crippen molar-refractivity contribution < 1.29 is 34.3 Å². The molecule has 5 heterocycles. The number of para-hydroxylation sites is 5. The molecule has 11 rings (SSSR count). The summed E-state index contributed by atoms with van der Waals surface area (Å²) < 4.78 is 50.3. The number of anilines is 3. The zero-order valence-electron chi connectivity index (χ0n) is 29.5. The van der Waals surface area contributed by atoms with E-state index in [9.17, 15) is 0 Å². The summed E-state index contributed by atoms with van der Waals surface area (Å²) in [5, 5.41) is 6.38. The predicted molar refractivity (Wildman–Crippen MR) is 199 cm³/mol. The normalized spacial score (nSPS) is 14.1. The van der Waals surface area contributed by atoms with E-state index in [0.717, 1.165) is 54.8 Å². The van der Waals surface area contributed by atoms with Crippen molar-refractivity contribution in [1.29, 1.82) is 0 Å². The summed E-state index contributed by atoms with van der Waals surface area (Å²) in [6, 6.07) is 45.5. The van der Waals surface area contributed by atoms with Crippen LogP contribution in [0.5, 0.6) is 11.5 Å². The van der Waals surface area contributed by atoms with Gasteiger partial charge in [-0.25, -0.2) is 9.37 Å². The van der Waals surface area contributed by atoms with E-state index in [2.05, 4.69) is 87.7 Å². The fourth-order valence-corrected chi connectivity index (χ4v) is 7.78. The van der Waals surface area contributed by atoms with Crippen LogP contribution in [-0.4, -0.2) is 20.8 Å². The number of halogens is 1. The predicted octanol–water partition coefficient (Wildman–Crippen LogP) is 10.6. The smallest absolute Gasteiger partial charge is 0.143 e. The fraction of sp³-hybridized carbons (Fsp3) is 0.0233. The zero-order chi connectivity index (χ0) is 35.6. The third-order valence-electron chi connectivity index (χ3n) is 9.78. The Balaban J connectivity index is 0.00000361. The van der Waals surface area contributed by atoms with Gasteiger partial charge in [-0.15, -0.1) is 29.7 Å². The number of fused-ring (bicyclic) bond motifs is 11. The number of hydrogen-bond acceptors (Lipinski definition) is 4. The molecule has 6 nitrogen and oxygen atoms in total. The van der Waals surface area contributed by atoms with Gasteiger partial charge in [0, 0.05) is 81.6 Å². The van der Waals surface area contributed by atoms with Crippen molar-refractivity contribution in [3.63, 3.8) is 0 Å². The third-order valence-corrected chi connectivity index (χ3v) is 9.78. The molecule has 0 bridgehead atoms. The second-order valence-electron chi connectivity index (χ2n) is 12.5. The van der Waals surface area contributed by atoms with Gasteiger partial charge in [-0.05, 0) is 48.8 Å².